The Morgan fingerprint density at radius 2 is 2.11 bits per heavy atom. The predicted molar refractivity (Wildman–Crippen MR) is 98.1 cm³/mol. The lowest BCUT2D eigenvalue weighted by Crippen LogP contribution is -2.29. The largest absolute Gasteiger partial charge is 0.272 e. The number of hydrogen-bond acceptors (Lipinski definition) is 6. The number of sulfonamides is 1. The molecule has 0 bridgehead atoms. The van der Waals surface area contributed by atoms with E-state index in [1.165, 1.54) is 10.5 Å². The zero-order valence-electron chi connectivity index (χ0n) is 15.0. The first-order chi connectivity index (χ1) is 13.1. The molecule has 1 unspecified atom stereocenters. The van der Waals surface area contributed by atoms with Crippen molar-refractivity contribution in [3.63, 3.8) is 0 Å². The molecule has 1 aliphatic rings. The van der Waals surface area contributed by atoms with Crippen LogP contribution in [0.2, 0.25) is 0 Å². The van der Waals surface area contributed by atoms with E-state index in [1.807, 2.05) is 19.1 Å². The minimum atomic E-state index is -3.49. The van der Waals surface area contributed by atoms with Crippen molar-refractivity contribution >= 4 is 10.0 Å². The number of rotatable bonds is 6. The molecule has 3 aromatic heterocycles. The van der Waals surface area contributed by atoms with E-state index in [9.17, 15) is 8.42 Å². The Morgan fingerprint density at radius 1 is 1.30 bits per heavy atom. The highest BCUT2D eigenvalue weighted by Gasteiger charge is 2.33. The summed E-state index contributed by atoms with van der Waals surface area (Å²) in [6.45, 7) is 3.55. The van der Waals surface area contributed by atoms with Crippen molar-refractivity contribution in [2.75, 3.05) is 13.1 Å². The van der Waals surface area contributed by atoms with Crippen LogP contribution in [0.1, 0.15) is 19.2 Å². The number of hydrogen-bond donors (Lipinski definition) is 1. The minimum Gasteiger partial charge on any atom is -0.272 e. The molecule has 0 saturated carbocycles. The molecule has 0 aromatic carbocycles. The van der Waals surface area contributed by atoms with Crippen molar-refractivity contribution in [2.45, 2.75) is 31.2 Å². The Hall–Kier alpha value is -2.59. The average Bonchev–Trinajstić information content (AvgIpc) is 3.43. The van der Waals surface area contributed by atoms with Gasteiger partial charge in [-0.05, 0) is 31.4 Å². The molecule has 4 rings (SSSR count). The molecule has 27 heavy (non-hydrogen) atoms. The molecule has 4 heterocycles. The van der Waals surface area contributed by atoms with Crippen LogP contribution in [-0.4, -0.2) is 55.8 Å². The predicted octanol–water partition coefficient (Wildman–Crippen LogP) is 1.34. The van der Waals surface area contributed by atoms with Gasteiger partial charge in [0.15, 0.2) is 5.82 Å². The van der Waals surface area contributed by atoms with Crippen LogP contribution in [-0.2, 0) is 23.0 Å². The highest BCUT2D eigenvalue weighted by atomic mass is 32.2. The monoisotopic (exact) mass is 387 g/mol. The van der Waals surface area contributed by atoms with Crippen molar-refractivity contribution in [1.29, 1.82) is 0 Å². The smallest absolute Gasteiger partial charge is 0.246 e. The Labute approximate surface area is 157 Å². The summed E-state index contributed by atoms with van der Waals surface area (Å²) >= 11 is 0. The molecule has 1 N–H and O–H groups in total. The molecule has 10 heteroatoms. The summed E-state index contributed by atoms with van der Waals surface area (Å²) in [5, 5.41) is 11.3. The fourth-order valence-electron chi connectivity index (χ4n) is 3.27. The normalized spacial score (nSPS) is 18.2. The van der Waals surface area contributed by atoms with Gasteiger partial charge in [-0.15, -0.1) is 0 Å². The highest BCUT2D eigenvalue weighted by Crippen LogP contribution is 2.26. The summed E-state index contributed by atoms with van der Waals surface area (Å²) in [5.41, 5.74) is 0.899. The average molecular weight is 387 g/mol. The van der Waals surface area contributed by atoms with Gasteiger partial charge in [-0.1, -0.05) is 0 Å². The third-order valence-corrected chi connectivity index (χ3v) is 6.59. The van der Waals surface area contributed by atoms with Crippen LogP contribution >= 0.6 is 0 Å². The second-order valence-electron chi connectivity index (χ2n) is 6.60. The lowest BCUT2D eigenvalue weighted by Gasteiger charge is -2.15. The minimum absolute atomic E-state index is 0.208. The maximum atomic E-state index is 12.8. The Bertz CT molecular complexity index is 1010. The summed E-state index contributed by atoms with van der Waals surface area (Å²) in [6, 6.07) is 3.71. The molecule has 1 fully saturated rings. The van der Waals surface area contributed by atoms with Crippen LogP contribution in [0, 0.1) is 5.92 Å². The summed E-state index contributed by atoms with van der Waals surface area (Å²) in [6.07, 6.45) is 7.87. The molecule has 1 saturated heterocycles. The van der Waals surface area contributed by atoms with E-state index in [2.05, 4.69) is 25.3 Å². The van der Waals surface area contributed by atoms with Crippen LogP contribution < -0.4 is 0 Å². The molecule has 1 aliphatic heterocycles. The van der Waals surface area contributed by atoms with Crippen LogP contribution in [0.15, 0.2) is 41.8 Å². The summed E-state index contributed by atoms with van der Waals surface area (Å²) in [4.78, 5) is 8.77. The van der Waals surface area contributed by atoms with Crippen molar-refractivity contribution in [2.24, 2.45) is 5.92 Å². The number of aryl methyl sites for hydroxylation is 1. The second kappa shape index (κ2) is 7.20. The Morgan fingerprint density at radius 3 is 2.85 bits per heavy atom. The third-order valence-electron chi connectivity index (χ3n) is 4.77. The number of H-pyrrole nitrogens is 1. The van der Waals surface area contributed by atoms with Crippen LogP contribution in [0.5, 0.6) is 0 Å². The molecule has 0 aliphatic carbocycles. The molecular weight excluding hydrogens is 366 g/mol. The van der Waals surface area contributed by atoms with Crippen molar-refractivity contribution in [1.82, 2.24) is 34.3 Å². The van der Waals surface area contributed by atoms with Gasteiger partial charge in [0.1, 0.15) is 10.7 Å². The molecular formula is C17H21N7O2S. The van der Waals surface area contributed by atoms with E-state index in [1.54, 1.807) is 23.3 Å². The molecule has 142 valence electrons. The molecule has 9 nitrogen and oxygen atoms in total. The summed E-state index contributed by atoms with van der Waals surface area (Å²) in [5.74, 6) is 1.60. The van der Waals surface area contributed by atoms with E-state index >= 15 is 0 Å². The van der Waals surface area contributed by atoms with Crippen LogP contribution in [0.3, 0.4) is 0 Å². The van der Waals surface area contributed by atoms with Gasteiger partial charge in [0.25, 0.3) is 0 Å². The first-order valence-electron chi connectivity index (χ1n) is 8.90. The Balaban J connectivity index is 1.42. The van der Waals surface area contributed by atoms with Gasteiger partial charge in [-0.3, -0.25) is 14.8 Å². The van der Waals surface area contributed by atoms with E-state index in [0.29, 0.717) is 31.9 Å². The number of nitrogens with zero attached hydrogens (tertiary/aromatic N) is 6. The molecule has 0 radical (unpaired) electrons. The Kier molecular flexibility index (Phi) is 4.75. The fourth-order valence-corrected chi connectivity index (χ4v) is 4.76. The van der Waals surface area contributed by atoms with Gasteiger partial charge < -0.3 is 0 Å². The first kappa shape index (κ1) is 17.8. The second-order valence-corrected chi connectivity index (χ2v) is 8.53. The molecule has 1 atom stereocenters. The van der Waals surface area contributed by atoms with Gasteiger partial charge in [-0.25, -0.2) is 13.4 Å². The lowest BCUT2D eigenvalue weighted by atomic mass is 10.1. The number of nitrogens with one attached hydrogen (secondary N) is 1. The molecule has 3 aromatic rings. The summed E-state index contributed by atoms with van der Waals surface area (Å²) < 4.78 is 28.7. The maximum absolute atomic E-state index is 12.8. The highest BCUT2D eigenvalue weighted by molar-refractivity contribution is 7.89. The number of aromatic nitrogens is 6. The van der Waals surface area contributed by atoms with Crippen molar-refractivity contribution in [3.05, 3.63) is 42.7 Å². The first-order valence-corrected chi connectivity index (χ1v) is 10.3. The summed E-state index contributed by atoms with van der Waals surface area (Å²) in [7, 11) is -3.49. The maximum Gasteiger partial charge on any atom is 0.246 e. The molecule has 0 spiro atoms. The van der Waals surface area contributed by atoms with E-state index < -0.39 is 10.0 Å². The number of aromatic amines is 1. The van der Waals surface area contributed by atoms with Gasteiger partial charge in [-0.2, -0.15) is 14.5 Å². The van der Waals surface area contributed by atoms with Crippen LogP contribution in [0.4, 0.5) is 0 Å². The SMILES string of the molecule is CCn1cc(S(=O)(=O)N2CCC(Cc3nc(-c4ccncc4)n[nH]3)C2)cn1. The van der Waals surface area contributed by atoms with E-state index in [0.717, 1.165) is 17.8 Å². The van der Waals surface area contributed by atoms with Gasteiger partial charge in [0.2, 0.25) is 10.0 Å². The fraction of sp³-hybridized carbons (Fsp3) is 0.412. The third kappa shape index (κ3) is 3.62. The van der Waals surface area contributed by atoms with Crippen molar-refractivity contribution in [3.8, 4) is 11.4 Å². The van der Waals surface area contributed by atoms with Crippen molar-refractivity contribution < 1.29 is 8.42 Å². The quantitative estimate of drug-likeness (QED) is 0.683. The van der Waals surface area contributed by atoms with Gasteiger partial charge in [0, 0.05) is 50.2 Å². The lowest BCUT2D eigenvalue weighted by molar-refractivity contribution is 0.453. The van der Waals surface area contributed by atoms with Gasteiger partial charge in [0.05, 0.1) is 6.20 Å². The molecule has 0 amide bonds. The number of pyridine rings is 1. The zero-order chi connectivity index (χ0) is 18.9. The zero-order valence-corrected chi connectivity index (χ0v) is 15.8. The van der Waals surface area contributed by atoms with Crippen LogP contribution in [0.25, 0.3) is 11.4 Å². The topological polar surface area (TPSA) is 110 Å². The van der Waals surface area contributed by atoms with E-state index in [-0.39, 0.29) is 10.8 Å². The van der Waals surface area contributed by atoms with Gasteiger partial charge >= 0.3 is 0 Å². The standard InChI is InChI=1S/C17H21N7O2S/c1-2-23-12-15(10-19-23)27(25,26)24-8-5-13(11-24)9-16-20-17(22-21-16)14-3-6-18-7-4-14/h3-4,6-7,10,12-13H,2,5,8-9,11H2,1H3,(H,20,21,22). The van der Waals surface area contributed by atoms with E-state index in [4.69, 9.17) is 0 Å².